The van der Waals surface area contributed by atoms with Gasteiger partial charge < -0.3 is 9.47 Å². The number of esters is 1. The van der Waals surface area contributed by atoms with Crippen molar-refractivity contribution in [1.29, 1.82) is 0 Å². The third-order valence-electron chi connectivity index (χ3n) is 3.84. The number of fused-ring (bicyclic) bond motifs is 1. The van der Waals surface area contributed by atoms with Crippen molar-refractivity contribution in [3.8, 4) is 11.5 Å². The summed E-state index contributed by atoms with van der Waals surface area (Å²) >= 11 is 0. The van der Waals surface area contributed by atoms with E-state index in [-0.39, 0.29) is 11.5 Å². The van der Waals surface area contributed by atoms with Crippen LogP contribution < -0.4 is 9.47 Å². The molecule has 1 aliphatic heterocycles. The molecular formula is C21H13NO4. The van der Waals surface area contributed by atoms with Crippen LogP contribution in [0.1, 0.15) is 26.3 Å². The predicted molar refractivity (Wildman–Crippen MR) is 95.0 cm³/mol. The highest BCUT2D eigenvalue weighted by atomic mass is 16.5. The number of Topliss-reactive ketones (excluding diaryl/α,β-unsaturated/α-hetero) is 1. The zero-order valence-electron chi connectivity index (χ0n) is 13.6. The highest BCUT2D eigenvalue weighted by Gasteiger charge is 2.28. The first kappa shape index (κ1) is 15.8. The molecule has 126 valence electrons. The van der Waals surface area contributed by atoms with Crippen LogP contribution in [0.15, 0.2) is 78.8 Å². The van der Waals surface area contributed by atoms with Crippen LogP contribution in [0, 0.1) is 0 Å². The fraction of sp³-hybridized carbons (Fsp3) is 0. The summed E-state index contributed by atoms with van der Waals surface area (Å²) in [5.74, 6) is 0.196. The molecule has 0 amide bonds. The van der Waals surface area contributed by atoms with Gasteiger partial charge in [0, 0.05) is 18.5 Å². The summed E-state index contributed by atoms with van der Waals surface area (Å²) < 4.78 is 11.0. The number of ketones is 1. The summed E-state index contributed by atoms with van der Waals surface area (Å²) in [6.45, 7) is 0. The van der Waals surface area contributed by atoms with E-state index in [0.29, 0.717) is 22.6 Å². The fourth-order valence-electron chi connectivity index (χ4n) is 2.58. The number of hydrogen-bond donors (Lipinski definition) is 0. The van der Waals surface area contributed by atoms with Gasteiger partial charge in [0.25, 0.3) is 0 Å². The standard InChI is InChI=1S/C21H13NO4/c23-20-17-9-8-16(25-21(24)15-6-2-1-3-7-15)12-18(17)26-19(20)11-14-5-4-10-22-13-14/h1-13H. The number of benzene rings is 2. The van der Waals surface area contributed by atoms with Crippen LogP contribution in [0.5, 0.6) is 11.5 Å². The molecular weight excluding hydrogens is 330 g/mol. The highest BCUT2D eigenvalue weighted by molar-refractivity contribution is 6.14. The van der Waals surface area contributed by atoms with Gasteiger partial charge in [0.15, 0.2) is 5.76 Å². The molecule has 5 nitrogen and oxygen atoms in total. The lowest BCUT2D eigenvalue weighted by Crippen LogP contribution is -2.08. The van der Waals surface area contributed by atoms with Crippen LogP contribution in [0.25, 0.3) is 6.08 Å². The number of pyridine rings is 1. The Kier molecular flexibility index (Phi) is 4.03. The molecule has 0 saturated carbocycles. The molecule has 0 saturated heterocycles. The Hall–Kier alpha value is -3.73. The maximum Gasteiger partial charge on any atom is 0.343 e. The third-order valence-corrected chi connectivity index (χ3v) is 3.84. The Morgan fingerprint density at radius 3 is 2.65 bits per heavy atom. The molecule has 0 fully saturated rings. The number of aromatic nitrogens is 1. The van der Waals surface area contributed by atoms with Crippen molar-refractivity contribution in [1.82, 2.24) is 4.98 Å². The zero-order valence-corrected chi connectivity index (χ0v) is 13.6. The molecule has 2 heterocycles. The summed E-state index contributed by atoms with van der Waals surface area (Å²) in [6, 6.07) is 17.0. The molecule has 0 bridgehead atoms. The second kappa shape index (κ2) is 6.64. The van der Waals surface area contributed by atoms with E-state index in [2.05, 4.69) is 4.98 Å². The fourth-order valence-corrected chi connectivity index (χ4v) is 2.58. The third kappa shape index (κ3) is 3.10. The number of allylic oxidation sites excluding steroid dienone is 1. The molecule has 1 aromatic heterocycles. The lowest BCUT2D eigenvalue weighted by Gasteiger charge is -2.05. The summed E-state index contributed by atoms with van der Waals surface area (Å²) in [5.41, 5.74) is 1.64. The van der Waals surface area contributed by atoms with E-state index < -0.39 is 5.97 Å². The second-order valence-electron chi connectivity index (χ2n) is 5.64. The quantitative estimate of drug-likeness (QED) is 0.410. The van der Waals surface area contributed by atoms with Crippen LogP contribution in [-0.2, 0) is 0 Å². The van der Waals surface area contributed by atoms with Crippen molar-refractivity contribution < 1.29 is 19.1 Å². The van der Waals surface area contributed by atoms with Crippen LogP contribution in [0.3, 0.4) is 0 Å². The van der Waals surface area contributed by atoms with Gasteiger partial charge in [0.05, 0.1) is 11.1 Å². The van der Waals surface area contributed by atoms with Crippen molar-refractivity contribution >= 4 is 17.8 Å². The van der Waals surface area contributed by atoms with E-state index in [0.717, 1.165) is 5.56 Å². The normalized spacial score (nSPS) is 14.0. The lowest BCUT2D eigenvalue weighted by atomic mass is 10.1. The molecule has 1 aliphatic rings. The molecule has 5 heteroatoms. The smallest absolute Gasteiger partial charge is 0.343 e. The van der Waals surface area contributed by atoms with Gasteiger partial charge in [-0.25, -0.2) is 4.79 Å². The highest BCUT2D eigenvalue weighted by Crippen LogP contribution is 2.35. The first-order chi connectivity index (χ1) is 12.7. The van der Waals surface area contributed by atoms with E-state index in [1.165, 1.54) is 6.07 Å². The Labute approximate surface area is 149 Å². The summed E-state index contributed by atoms with van der Waals surface area (Å²) in [6.07, 6.45) is 4.92. The molecule has 2 aromatic carbocycles. The van der Waals surface area contributed by atoms with E-state index in [9.17, 15) is 9.59 Å². The number of carbonyl (C=O) groups is 2. The minimum absolute atomic E-state index is 0.208. The second-order valence-corrected chi connectivity index (χ2v) is 5.64. The average molecular weight is 343 g/mol. The SMILES string of the molecule is O=C(Oc1ccc2c(c1)OC(=Cc1cccnc1)C2=O)c1ccccc1. The van der Waals surface area contributed by atoms with Gasteiger partial charge in [-0.1, -0.05) is 24.3 Å². The van der Waals surface area contributed by atoms with Crippen molar-refractivity contribution in [3.63, 3.8) is 0 Å². The predicted octanol–water partition coefficient (Wildman–Crippen LogP) is 3.92. The van der Waals surface area contributed by atoms with Crippen LogP contribution in [-0.4, -0.2) is 16.7 Å². The van der Waals surface area contributed by atoms with Gasteiger partial charge in [0.1, 0.15) is 11.5 Å². The lowest BCUT2D eigenvalue weighted by molar-refractivity contribution is 0.0734. The first-order valence-corrected chi connectivity index (χ1v) is 7.96. The van der Waals surface area contributed by atoms with Crippen LogP contribution in [0.4, 0.5) is 0 Å². The largest absolute Gasteiger partial charge is 0.452 e. The zero-order chi connectivity index (χ0) is 17.9. The van der Waals surface area contributed by atoms with E-state index in [4.69, 9.17) is 9.47 Å². The molecule has 3 aromatic rings. The molecule has 0 N–H and O–H groups in total. The molecule has 26 heavy (non-hydrogen) atoms. The first-order valence-electron chi connectivity index (χ1n) is 7.96. The average Bonchev–Trinajstić information content (AvgIpc) is 2.98. The Morgan fingerprint density at radius 2 is 1.88 bits per heavy atom. The maximum atomic E-state index is 12.4. The molecule has 0 spiro atoms. The summed E-state index contributed by atoms with van der Waals surface area (Å²) in [7, 11) is 0. The Morgan fingerprint density at radius 1 is 1.04 bits per heavy atom. The van der Waals surface area contributed by atoms with Crippen molar-refractivity contribution in [2.45, 2.75) is 0 Å². The molecule has 0 radical (unpaired) electrons. The van der Waals surface area contributed by atoms with Crippen LogP contribution >= 0.6 is 0 Å². The Bertz CT molecular complexity index is 1010. The van der Waals surface area contributed by atoms with Crippen molar-refractivity contribution in [2.24, 2.45) is 0 Å². The topological polar surface area (TPSA) is 65.5 Å². The van der Waals surface area contributed by atoms with Gasteiger partial charge in [0.2, 0.25) is 5.78 Å². The summed E-state index contributed by atoms with van der Waals surface area (Å²) in [5, 5.41) is 0. The van der Waals surface area contributed by atoms with Gasteiger partial charge in [-0.15, -0.1) is 0 Å². The number of rotatable bonds is 3. The molecule has 0 unspecified atom stereocenters. The van der Waals surface area contributed by atoms with E-state index in [1.807, 2.05) is 12.1 Å². The van der Waals surface area contributed by atoms with Gasteiger partial charge >= 0.3 is 5.97 Å². The minimum atomic E-state index is -0.471. The Balaban J connectivity index is 1.56. The maximum absolute atomic E-state index is 12.4. The van der Waals surface area contributed by atoms with E-state index in [1.54, 1.807) is 60.9 Å². The van der Waals surface area contributed by atoms with Gasteiger partial charge in [-0.3, -0.25) is 9.78 Å². The number of nitrogens with zero attached hydrogens (tertiary/aromatic N) is 1. The minimum Gasteiger partial charge on any atom is -0.452 e. The van der Waals surface area contributed by atoms with E-state index >= 15 is 0 Å². The molecule has 4 rings (SSSR count). The number of ether oxygens (including phenoxy) is 2. The molecule has 0 aliphatic carbocycles. The number of carbonyl (C=O) groups excluding carboxylic acids is 2. The number of hydrogen-bond acceptors (Lipinski definition) is 5. The van der Waals surface area contributed by atoms with Crippen LogP contribution in [0.2, 0.25) is 0 Å². The van der Waals surface area contributed by atoms with Gasteiger partial charge in [-0.05, 0) is 42.0 Å². The monoisotopic (exact) mass is 343 g/mol. The van der Waals surface area contributed by atoms with Gasteiger partial charge in [-0.2, -0.15) is 0 Å². The molecule has 0 atom stereocenters. The summed E-state index contributed by atoms with van der Waals surface area (Å²) in [4.78, 5) is 28.6. The van der Waals surface area contributed by atoms with Crippen molar-refractivity contribution in [2.75, 3.05) is 0 Å². The van der Waals surface area contributed by atoms with Crippen molar-refractivity contribution in [3.05, 3.63) is 95.5 Å².